The predicted molar refractivity (Wildman–Crippen MR) is 87.5 cm³/mol. The zero-order chi connectivity index (χ0) is 14.7. The Bertz CT molecular complexity index is 633. The van der Waals surface area contributed by atoms with Gasteiger partial charge in [0.25, 0.3) is 0 Å². The molecule has 1 fully saturated rings. The predicted octanol–water partition coefficient (Wildman–Crippen LogP) is 3.65. The maximum Gasteiger partial charge on any atom is 0.238 e. The summed E-state index contributed by atoms with van der Waals surface area (Å²) in [5, 5.41) is 5.32. The van der Waals surface area contributed by atoms with Gasteiger partial charge in [0.2, 0.25) is 5.91 Å². The first kappa shape index (κ1) is 14.1. The topological polar surface area (TPSA) is 32.3 Å². The molecule has 1 heterocycles. The van der Waals surface area contributed by atoms with Crippen molar-refractivity contribution in [3.63, 3.8) is 0 Å². The van der Waals surface area contributed by atoms with Gasteiger partial charge in [-0.05, 0) is 37.8 Å². The zero-order valence-electron chi connectivity index (χ0n) is 12.5. The third kappa shape index (κ3) is 3.24. The quantitative estimate of drug-likeness (QED) is 0.932. The first-order valence-electron chi connectivity index (χ1n) is 7.76. The van der Waals surface area contributed by atoms with E-state index in [4.69, 9.17) is 0 Å². The molecule has 1 N–H and O–H groups in total. The average molecular weight is 282 g/mol. The molecule has 1 aliphatic rings. The number of nitrogens with zero attached hydrogens (tertiary/aromatic N) is 1. The summed E-state index contributed by atoms with van der Waals surface area (Å²) in [6, 6.07) is 14.7. The molecule has 0 aromatic heterocycles. The summed E-state index contributed by atoms with van der Waals surface area (Å²) in [6.45, 7) is 3.73. The fourth-order valence-corrected chi connectivity index (χ4v) is 3.10. The van der Waals surface area contributed by atoms with E-state index in [-0.39, 0.29) is 5.91 Å². The molecular weight excluding hydrogens is 260 g/mol. The average Bonchev–Trinajstić information content (AvgIpc) is 2.50. The van der Waals surface area contributed by atoms with Gasteiger partial charge in [0.15, 0.2) is 0 Å². The summed E-state index contributed by atoms with van der Waals surface area (Å²) in [5.41, 5.74) is 0.905. The molecule has 0 aliphatic carbocycles. The van der Waals surface area contributed by atoms with Crippen LogP contribution in [0.15, 0.2) is 42.5 Å². The maximum atomic E-state index is 12.3. The van der Waals surface area contributed by atoms with E-state index < -0.39 is 0 Å². The SMILES string of the molecule is CC1CCCCN1CC(=O)Nc1cccc2ccccc12. The van der Waals surface area contributed by atoms with Crippen LogP contribution in [0.5, 0.6) is 0 Å². The highest BCUT2D eigenvalue weighted by atomic mass is 16.2. The third-order valence-electron chi connectivity index (χ3n) is 4.35. The maximum absolute atomic E-state index is 12.3. The number of benzene rings is 2. The van der Waals surface area contributed by atoms with Crippen molar-refractivity contribution in [3.05, 3.63) is 42.5 Å². The minimum atomic E-state index is 0.0834. The molecular formula is C18H22N2O. The Labute approximate surface area is 125 Å². The molecule has 0 radical (unpaired) electrons. The number of hydrogen-bond donors (Lipinski definition) is 1. The molecule has 1 amide bonds. The van der Waals surface area contributed by atoms with Gasteiger partial charge in [-0.2, -0.15) is 0 Å². The molecule has 2 aromatic rings. The molecule has 3 heteroatoms. The molecule has 2 aromatic carbocycles. The van der Waals surface area contributed by atoms with Crippen LogP contribution < -0.4 is 5.32 Å². The van der Waals surface area contributed by atoms with Crippen molar-refractivity contribution in [3.8, 4) is 0 Å². The van der Waals surface area contributed by atoms with Crippen molar-refractivity contribution >= 4 is 22.4 Å². The van der Waals surface area contributed by atoms with Gasteiger partial charge in [-0.25, -0.2) is 0 Å². The van der Waals surface area contributed by atoms with Crippen molar-refractivity contribution in [2.75, 3.05) is 18.4 Å². The molecule has 1 unspecified atom stereocenters. The summed E-state index contributed by atoms with van der Waals surface area (Å²) in [4.78, 5) is 14.6. The van der Waals surface area contributed by atoms with Crippen LogP contribution >= 0.6 is 0 Å². The van der Waals surface area contributed by atoms with Gasteiger partial charge in [-0.15, -0.1) is 0 Å². The van der Waals surface area contributed by atoms with Crippen molar-refractivity contribution in [2.24, 2.45) is 0 Å². The Kier molecular flexibility index (Phi) is 4.20. The van der Waals surface area contributed by atoms with Gasteiger partial charge in [0, 0.05) is 17.1 Å². The number of hydrogen-bond acceptors (Lipinski definition) is 2. The lowest BCUT2D eigenvalue weighted by Gasteiger charge is -2.32. The second kappa shape index (κ2) is 6.27. The minimum Gasteiger partial charge on any atom is -0.324 e. The Hall–Kier alpha value is -1.87. The number of carbonyl (C=O) groups excluding carboxylic acids is 1. The van der Waals surface area contributed by atoms with Crippen LogP contribution in [-0.2, 0) is 4.79 Å². The van der Waals surface area contributed by atoms with Crippen LogP contribution in [0.4, 0.5) is 5.69 Å². The lowest BCUT2D eigenvalue weighted by Crippen LogP contribution is -2.42. The first-order chi connectivity index (χ1) is 10.2. The van der Waals surface area contributed by atoms with Gasteiger partial charge in [0.1, 0.15) is 0 Å². The highest BCUT2D eigenvalue weighted by Gasteiger charge is 2.20. The van der Waals surface area contributed by atoms with E-state index in [1.165, 1.54) is 19.3 Å². The summed E-state index contributed by atoms with van der Waals surface area (Å²) in [7, 11) is 0. The van der Waals surface area contributed by atoms with Gasteiger partial charge < -0.3 is 5.32 Å². The lowest BCUT2D eigenvalue weighted by molar-refractivity contribution is -0.118. The summed E-state index contributed by atoms with van der Waals surface area (Å²) in [6.07, 6.45) is 3.68. The smallest absolute Gasteiger partial charge is 0.238 e. The Morgan fingerprint density at radius 2 is 2.00 bits per heavy atom. The number of likely N-dealkylation sites (tertiary alicyclic amines) is 1. The molecule has 21 heavy (non-hydrogen) atoms. The second-order valence-electron chi connectivity index (χ2n) is 5.89. The van der Waals surface area contributed by atoms with Crippen molar-refractivity contribution in [1.82, 2.24) is 4.90 Å². The molecule has 3 rings (SSSR count). The van der Waals surface area contributed by atoms with E-state index in [1.807, 2.05) is 24.3 Å². The Morgan fingerprint density at radius 3 is 2.86 bits per heavy atom. The number of anilines is 1. The Morgan fingerprint density at radius 1 is 1.19 bits per heavy atom. The van der Waals surface area contributed by atoms with Crippen LogP contribution in [-0.4, -0.2) is 29.9 Å². The van der Waals surface area contributed by atoms with Crippen LogP contribution in [0, 0.1) is 0 Å². The van der Waals surface area contributed by atoms with Gasteiger partial charge >= 0.3 is 0 Å². The standard InChI is InChI=1S/C18H22N2O/c1-14-7-4-5-12-20(14)13-18(21)19-17-11-6-9-15-8-2-3-10-16(15)17/h2-3,6,8-11,14H,4-5,7,12-13H2,1H3,(H,19,21). The number of amides is 1. The van der Waals surface area contributed by atoms with E-state index in [2.05, 4.69) is 35.3 Å². The summed E-state index contributed by atoms with van der Waals surface area (Å²) >= 11 is 0. The molecule has 3 nitrogen and oxygen atoms in total. The number of piperidine rings is 1. The molecule has 1 saturated heterocycles. The highest BCUT2D eigenvalue weighted by Crippen LogP contribution is 2.23. The van der Waals surface area contributed by atoms with Crippen molar-refractivity contribution in [2.45, 2.75) is 32.2 Å². The monoisotopic (exact) mass is 282 g/mol. The summed E-state index contributed by atoms with van der Waals surface area (Å²) < 4.78 is 0. The van der Waals surface area contributed by atoms with E-state index in [1.54, 1.807) is 0 Å². The van der Waals surface area contributed by atoms with E-state index in [0.717, 1.165) is 23.0 Å². The number of carbonyl (C=O) groups is 1. The van der Waals surface area contributed by atoms with Gasteiger partial charge in [0.05, 0.1) is 6.54 Å². The molecule has 110 valence electrons. The van der Waals surface area contributed by atoms with E-state index in [0.29, 0.717) is 12.6 Å². The van der Waals surface area contributed by atoms with Gasteiger partial charge in [-0.1, -0.05) is 42.8 Å². The summed E-state index contributed by atoms with van der Waals surface area (Å²) in [5.74, 6) is 0.0834. The first-order valence-corrected chi connectivity index (χ1v) is 7.76. The van der Waals surface area contributed by atoms with Crippen LogP contribution in [0.2, 0.25) is 0 Å². The normalized spacial score (nSPS) is 19.6. The highest BCUT2D eigenvalue weighted by molar-refractivity contribution is 6.02. The number of nitrogens with one attached hydrogen (secondary N) is 1. The lowest BCUT2D eigenvalue weighted by atomic mass is 10.0. The van der Waals surface area contributed by atoms with E-state index >= 15 is 0 Å². The second-order valence-corrected chi connectivity index (χ2v) is 5.89. The molecule has 1 aliphatic heterocycles. The fraction of sp³-hybridized carbons (Fsp3) is 0.389. The number of fused-ring (bicyclic) bond motifs is 1. The van der Waals surface area contributed by atoms with Crippen molar-refractivity contribution in [1.29, 1.82) is 0 Å². The molecule has 0 bridgehead atoms. The van der Waals surface area contributed by atoms with Crippen molar-refractivity contribution < 1.29 is 4.79 Å². The zero-order valence-corrected chi connectivity index (χ0v) is 12.5. The Balaban J connectivity index is 1.71. The van der Waals surface area contributed by atoms with Crippen LogP contribution in [0.3, 0.4) is 0 Å². The van der Waals surface area contributed by atoms with E-state index in [9.17, 15) is 4.79 Å². The largest absolute Gasteiger partial charge is 0.324 e. The van der Waals surface area contributed by atoms with Crippen LogP contribution in [0.1, 0.15) is 26.2 Å². The number of rotatable bonds is 3. The third-order valence-corrected chi connectivity index (χ3v) is 4.35. The fourth-order valence-electron chi connectivity index (χ4n) is 3.10. The minimum absolute atomic E-state index is 0.0834. The molecule has 0 spiro atoms. The van der Waals surface area contributed by atoms with Crippen LogP contribution in [0.25, 0.3) is 10.8 Å². The molecule has 1 atom stereocenters. The molecule has 0 saturated carbocycles. The van der Waals surface area contributed by atoms with Gasteiger partial charge in [-0.3, -0.25) is 9.69 Å².